The predicted octanol–water partition coefficient (Wildman–Crippen LogP) is 1.31. The molecular formula is C10H21NO2. The summed E-state index contributed by atoms with van der Waals surface area (Å²) in [5.74, 6) is 0. The van der Waals surface area contributed by atoms with Crippen LogP contribution in [-0.4, -0.2) is 32.0 Å². The van der Waals surface area contributed by atoms with Gasteiger partial charge in [0.1, 0.15) is 0 Å². The van der Waals surface area contributed by atoms with Crippen molar-refractivity contribution >= 4 is 0 Å². The van der Waals surface area contributed by atoms with E-state index >= 15 is 0 Å². The molecule has 1 fully saturated rings. The molecule has 13 heavy (non-hydrogen) atoms. The first-order valence-electron chi connectivity index (χ1n) is 5.13. The van der Waals surface area contributed by atoms with Gasteiger partial charge >= 0.3 is 0 Å². The molecule has 0 aromatic carbocycles. The molecule has 1 atom stereocenters. The van der Waals surface area contributed by atoms with Gasteiger partial charge in [-0.15, -0.1) is 0 Å². The number of hydrogen-bond acceptors (Lipinski definition) is 3. The third-order valence-corrected chi connectivity index (χ3v) is 3.02. The summed E-state index contributed by atoms with van der Waals surface area (Å²) < 4.78 is 10.9. The first-order valence-corrected chi connectivity index (χ1v) is 5.13. The van der Waals surface area contributed by atoms with Gasteiger partial charge in [0.2, 0.25) is 0 Å². The lowest BCUT2D eigenvalue weighted by atomic mass is 9.84. The van der Waals surface area contributed by atoms with E-state index in [0.717, 1.165) is 38.9 Å². The highest BCUT2D eigenvalue weighted by Gasteiger charge is 2.37. The topological polar surface area (TPSA) is 44.5 Å². The van der Waals surface area contributed by atoms with Gasteiger partial charge < -0.3 is 15.2 Å². The van der Waals surface area contributed by atoms with Crippen molar-refractivity contribution in [2.24, 2.45) is 5.73 Å². The molecule has 0 unspecified atom stereocenters. The van der Waals surface area contributed by atoms with Crippen molar-refractivity contribution in [3.05, 3.63) is 0 Å². The minimum Gasteiger partial charge on any atom is -0.381 e. The van der Waals surface area contributed by atoms with Crippen LogP contribution in [-0.2, 0) is 9.47 Å². The Morgan fingerprint density at radius 3 is 2.54 bits per heavy atom. The van der Waals surface area contributed by atoms with E-state index < -0.39 is 0 Å². The Balaban J connectivity index is 2.55. The highest BCUT2D eigenvalue weighted by atomic mass is 16.5. The van der Waals surface area contributed by atoms with Crippen molar-refractivity contribution in [3.8, 4) is 0 Å². The fraction of sp³-hybridized carbons (Fsp3) is 1.00. The Morgan fingerprint density at radius 1 is 1.46 bits per heavy atom. The molecule has 0 saturated carbocycles. The Kier molecular flexibility index (Phi) is 4.16. The summed E-state index contributed by atoms with van der Waals surface area (Å²) in [6, 6.07) is 0.159. The van der Waals surface area contributed by atoms with Crippen LogP contribution in [0.25, 0.3) is 0 Å². The molecule has 0 radical (unpaired) electrons. The molecule has 3 nitrogen and oxygen atoms in total. The van der Waals surface area contributed by atoms with Crippen LogP contribution in [0.2, 0.25) is 0 Å². The summed E-state index contributed by atoms with van der Waals surface area (Å²) in [7, 11) is 1.76. The van der Waals surface area contributed by atoms with Crippen LogP contribution in [0.1, 0.15) is 32.6 Å². The van der Waals surface area contributed by atoms with Gasteiger partial charge in [0.05, 0.1) is 5.60 Å². The van der Waals surface area contributed by atoms with Gasteiger partial charge in [-0.1, -0.05) is 13.3 Å². The smallest absolute Gasteiger partial charge is 0.0872 e. The minimum atomic E-state index is -0.117. The number of rotatable bonds is 4. The van der Waals surface area contributed by atoms with Crippen LogP contribution >= 0.6 is 0 Å². The maximum Gasteiger partial charge on any atom is 0.0872 e. The van der Waals surface area contributed by atoms with Crippen LogP contribution in [0.4, 0.5) is 0 Å². The molecule has 0 amide bonds. The summed E-state index contributed by atoms with van der Waals surface area (Å²) in [6.45, 7) is 3.72. The number of hydrogen-bond donors (Lipinski definition) is 1. The summed E-state index contributed by atoms with van der Waals surface area (Å²) in [6.07, 6.45) is 4.02. The molecule has 0 aliphatic carbocycles. The largest absolute Gasteiger partial charge is 0.381 e. The van der Waals surface area contributed by atoms with E-state index in [1.807, 2.05) is 0 Å². The number of ether oxygens (including phenoxy) is 2. The molecule has 3 heteroatoms. The molecule has 1 saturated heterocycles. The van der Waals surface area contributed by atoms with Gasteiger partial charge in [0, 0.05) is 39.2 Å². The lowest BCUT2D eigenvalue weighted by molar-refractivity contribution is -0.105. The fourth-order valence-corrected chi connectivity index (χ4v) is 2.02. The zero-order chi connectivity index (χ0) is 9.73. The van der Waals surface area contributed by atoms with Gasteiger partial charge in [-0.05, 0) is 6.42 Å². The molecule has 1 heterocycles. The molecule has 0 aromatic rings. The van der Waals surface area contributed by atoms with Crippen molar-refractivity contribution < 1.29 is 9.47 Å². The van der Waals surface area contributed by atoms with E-state index in [1.165, 1.54) is 0 Å². The number of methoxy groups -OCH3 is 1. The summed E-state index contributed by atoms with van der Waals surface area (Å²) in [4.78, 5) is 0. The SMILES string of the molecule is CCC[C@H](N)C1(OC)CCOCC1. The van der Waals surface area contributed by atoms with E-state index in [2.05, 4.69) is 6.92 Å². The third-order valence-electron chi connectivity index (χ3n) is 3.02. The Bertz CT molecular complexity index is 144. The first-order chi connectivity index (χ1) is 6.25. The highest BCUT2D eigenvalue weighted by Crippen LogP contribution is 2.29. The fourth-order valence-electron chi connectivity index (χ4n) is 2.02. The molecular weight excluding hydrogens is 166 g/mol. The average molecular weight is 187 g/mol. The predicted molar refractivity (Wildman–Crippen MR) is 52.7 cm³/mol. The van der Waals surface area contributed by atoms with Crippen molar-refractivity contribution in [1.82, 2.24) is 0 Å². The molecule has 2 N–H and O–H groups in total. The first kappa shape index (κ1) is 11.0. The van der Waals surface area contributed by atoms with E-state index in [-0.39, 0.29) is 11.6 Å². The van der Waals surface area contributed by atoms with E-state index in [1.54, 1.807) is 7.11 Å². The number of nitrogens with two attached hydrogens (primary N) is 1. The van der Waals surface area contributed by atoms with Crippen molar-refractivity contribution in [3.63, 3.8) is 0 Å². The van der Waals surface area contributed by atoms with Crippen LogP contribution < -0.4 is 5.73 Å². The summed E-state index contributed by atoms with van der Waals surface area (Å²) in [5.41, 5.74) is 6.01. The van der Waals surface area contributed by atoms with Crippen molar-refractivity contribution in [2.75, 3.05) is 20.3 Å². The molecule has 0 spiro atoms. The monoisotopic (exact) mass is 187 g/mol. The normalized spacial score (nSPS) is 24.2. The lowest BCUT2D eigenvalue weighted by Crippen LogP contribution is -2.52. The van der Waals surface area contributed by atoms with Crippen LogP contribution in [0.15, 0.2) is 0 Å². The van der Waals surface area contributed by atoms with Gasteiger partial charge in [-0.2, -0.15) is 0 Å². The maximum atomic E-state index is 6.12. The van der Waals surface area contributed by atoms with Gasteiger partial charge in [0.25, 0.3) is 0 Å². The van der Waals surface area contributed by atoms with Gasteiger partial charge in [0.15, 0.2) is 0 Å². The van der Waals surface area contributed by atoms with Crippen LogP contribution in [0, 0.1) is 0 Å². The second-order valence-corrected chi connectivity index (χ2v) is 3.78. The van der Waals surface area contributed by atoms with E-state index in [4.69, 9.17) is 15.2 Å². The molecule has 0 bridgehead atoms. The van der Waals surface area contributed by atoms with E-state index in [9.17, 15) is 0 Å². The second-order valence-electron chi connectivity index (χ2n) is 3.78. The van der Waals surface area contributed by atoms with Crippen molar-refractivity contribution in [1.29, 1.82) is 0 Å². The molecule has 1 rings (SSSR count). The standard InChI is InChI=1S/C10H21NO2/c1-3-4-9(11)10(12-2)5-7-13-8-6-10/h9H,3-8,11H2,1-2H3/t9-/m0/s1. The zero-order valence-corrected chi connectivity index (χ0v) is 8.71. The lowest BCUT2D eigenvalue weighted by Gasteiger charge is -2.40. The molecule has 1 aliphatic heterocycles. The highest BCUT2D eigenvalue weighted by molar-refractivity contribution is 4.92. The third kappa shape index (κ3) is 2.42. The van der Waals surface area contributed by atoms with Gasteiger partial charge in [-0.3, -0.25) is 0 Å². The Labute approximate surface area is 80.6 Å². The molecule has 0 aromatic heterocycles. The Hall–Kier alpha value is -0.120. The quantitative estimate of drug-likeness (QED) is 0.721. The molecule has 1 aliphatic rings. The maximum absolute atomic E-state index is 6.12. The Morgan fingerprint density at radius 2 is 2.08 bits per heavy atom. The van der Waals surface area contributed by atoms with Gasteiger partial charge in [-0.25, -0.2) is 0 Å². The average Bonchev–Trinajstić information content (AvgIpc) is 2.19. The van der Waals surface area contributed by atoms with Crippen LogP contribution in [0.3, 0.4) is 0 Å². The second kappa shape index (κ2) is 4.94. The van der Waals surface area contributed by atoms with Crippen LogP contribution in [0.5, 0.6) is 0 Å². The van der Waals surface area contributed by atoms with Crippen molar-refractivity contribution in [2.45, 2.75) is 44.2 Å². The summed E-state index contributed by atoms with van der Waals surface area (Å²) >= 11 is 0. The van der Waals surface area contributed by atoms with E-state index in [0.29, 0.717) is 0 Å². The zero-order valence-electron chi connectivity index (χ0n) is 8.71. The molecule has 78 valence electrons. The summed E-state index contributed by atoms with van der Waals surface area (Å²) in [5, 5.41) is 0. The minimum absolute atomic E-state index is 0.117.